The van der Waals surface area contributed by atoms with E-state index in [1.54, 1.807) is 6.92 Å². The van der Waals surface area contributed by atoms with Crippen LogP contribution in [0.3, 0.4) is 0 Å². The lowest BCUT2D eigenvalue weighted by atomic mass is 10.2. The van der Waals surface area contributed by atoms with Crippen molar-refractivity contribution in [3.05, 3.63) is 41.5 Å². The highest BCUT2D eigenvalue weighted by atomic mass is 32.2. The molecule has 0 amide bonds. The fourth-order valence-corrected chi connectivity index (χ4v) is 3.02. The molecule has 0 saturated heterocycles. The van der Waals surface area contributed by atoms with Gasteiger partial charge in [-0.2, -0.15) is 5.10 Å². The van der Waals surface area contributed by atoms with Gasteiger partial charge in [-0.1, -0.05) is 19.1 Å². The monoisotopic (exact) mass is 347 g/mol. The zero-order valence-electron chi connectivity index (χ0n) is 12.6. The number of nitrogens with one attached hydrogen (secondary N) is 1. The third kappa shape index (κ3) is 5.05. The first-order valence-electron chi connectivity index (χ1n) is 6.91. The Balaban J connectivity index is 2.01. The van der Waals surface area contributed by atoms with Crippen LogP contribution >= 0.6 is 0 Å². The van der Waals surface area contributed by atoms with Crippen LogP contribution in [-0.2, 0) is 23.0 Å². The van der Waals surface area contributed by atoms with Crippen molar-refractivity contribution >= 4 is 10.8 Å². The molecular weight excluding hydrogens is 331 g/mol. The van der Waals surface area contributed by atoms with E-state index in [9.17, 15) is 17.4 Å². The third-order valence-corrected chi connectivity index (χ3v) is 4.77. The number of aromatic amines is 1. The maximum atomic E-state index is 12.3. The molecule has 0 radical (unpaired) electrons. The fourth-order valence-electron chi connectivity index (χ4n) is 1.91. The Hall–Kier alpha value is -1.90. The second kappa shape index (κ2) is 7.12. The van der Waals surface area contributed by atoms with Gasteiger partial charge in [0.2, 0.25) is 0 Å². The van der Waals surface area contributed by atoms with Crippen LogP contribution in [0.15, 0.2) is 24.3 Å². The molecule has 1 N–H and O–H groups in total. The maximum Gasteiger partial charge on any atom is 0.573 e. The van der Waals surface area contributed by atoms with Crippen LogP contribution in [0.4, 0.5) is 13.2 Å². The van der Waals surface area contributed by atoms with E-state index >= 15 is 0 Å². The van der Waals surface area contributed by atoms with Crippen LogP contribution in [0.5, 0.6) is 5.75 Å². The van der Waals surface area contributed by atoms with Gasteiger partial charge in [-0.05, 0) is 24.6 Å². The number of hydrogen-bond acceptors (Lipinski definition) is 4. The van der Waals surface area contributed by atoms with Gasteiger partial charge in [-0.15, -0.1) is 13.2 Å². The lowest BCUT2D eigenvalue weighted by molar-refractivity contribution is -0.274. The predicted octanol–water partition coefficient (Wildman–Crippen LogP) is 3.28. The van der Waals surface area contributed by atoms with Gasteiger partial charge in [0.05, 0.1) is 11.0 Å². The van der Waals surface area contributed by atoms with Gasteiger partial charge in [0, 0.05) is 17.2 Å². The number of ether oxygens (including phenoxy) is 1. The molecule has 0 spiro atoms. The molecule has 2 aromatic rings. The van der Waals surface area contributed by atoms with Crippen LogP contribution < -0.4 is 4.74 Å². The Labute approximate surface area is 133 Å². The molecule has 0 fully saturated rings. The second-order valence-electron chi connectivity index (χ2n) is 4.84. The topological polar surface area (TPSA) is 67.9 Å². The number of benzene rings is 1. The first-order valence-corrected chi connectivity index (χ1v) is 8.29. The molecule has 1 aromatic carbocycles. The van der Waals surface area contributed by atoms with Crippen molar-refractivity contribution in [2.45, 2.75) is 37.6 Å². The summed E-state index contributed by atoms with van der Waals surface area (Å²) in [5, 5.41) is 6.35. The van der Waals surface area contributed by atoms with Crippen LogP contribution in [0, 0.1) is 0 Å². The summed E-state index contributed by atoms with van der Waals surface area (Å²) in [6.45, 7) is 3.66. The van der Waals surface area contributed by atoms with Crippen LogP contribution in [-0.4, -0.2) is 25.8 Å². The summed E-state index contributed by atoms with van der Waals surface area (Å²) < 4.78 is 52.5. The molecule has 2 rings (SSSR count). The van der Waals surface area contributed by atoms with Crippen molar-refractivity contribution in [2.75, 3.05) is 0 Å². The molecule has 126 valence electrons. The fraction of sp³-hybridized carbons (Fsp3) is 0.429. The Bertz CT molecular complexity index is 671. The minimum absolute atomic E-state index is 0.203. The highest BCUT2D eigenvalue weighted by molar-refractivity contribution is 7.84. The number of aromatic nitrogens is 3. The quantitative estimate of drug-likeness (QED) is 0.871. The first kappa shape index (κ1) is 17.5. The molecule has 0 bridgehead atoms. The van der Waals surface area contributed by atoms with Crippen molar-refractivity contribution in [3.63, 3.8) is 0 Å². The lowest BCUT2D eigenvalue weighted by Crippen LogP contribution is -2.17. The number of aryl methyl sites for hydroxylation is 1. The van der Waals surface area contributed by atoms with Gasteiger partial charge in [-0.25, -0.2) is 4.98 Å². The Morgan fingerprint density at radius 1 is 1.30 bits per heavy atom. The summed E-state index contributed by atoms with van der Waals surface area (Å²) in [4.78, 5) is 4.19. The number of H-pyrrole nitrogens is 1. The largest absolute Gasteiger partial charge is 0.573 e. The number of alkyl halides is 3. The predicted molar refractivity (Wildman–Crippen MR) is 79.1 cm³/mol. The number of rotatable bonds is 6. The lowest BCUT2D eigenvalue weighted by Gasteiger charge is -2.13. The average Bonchev–Trinajstić information content (AvgIpc) is 2.93. The summed E-state index contributed by atoms with van der Waals surface area (Å²) in [6.07, 6.45) is -4.04. The van der Waals surface area contributed by atoms with E-state index in [1.807, 2.05) is 6.92 Å². The molecule has 0 saturated carbocycles. The van der Waals surface area contributed by atoms with Gasteiger partial charge >= 0.3 is 6.36 Å². The standard InChI is InChI=1S/C14H16F3N3O2S/c1-3-12-18-13(20-19-12)8-23(21)9(2)10-4-6-11(7-5-10)22-14(15,16)17/h4-7,9H,3,8H2,1-2H3,(H,18,19,20)/t9-,23-/m0/s1. The van der Waals surface area contributed by atoms with Crippen molar-refractivity contribution in [1.82, 2.24) is 15.2 Å². The van der Waals surface area contributed by atoms with Crippen LogP contribution in [0.1, 0.15) is 36.3 Å². The number of hydrogen-bond donors (Lipinski definition) is 1. The van der Waals surface area contributed by atoms with Gasteiger partial charge < -0.3 is 4.74 Å². The molecule has 0 aliphatic heterocycles. The zero-order chi connectivity index (χ0) is 17.0. The maximum absolute atomic E-state index is 12.3. The third-order valence-electron chi connectivity index (χ3n) is 3.15. The van der Waals surface area contributed by atoms with Crippen molar-refractivity contribution < 1.29 is 22.1 Å². The van der Waals surface area contributed by atoms with Crippen LogP contribution in [0.25, 0.3) is 0 Å². The summed E-state index contributed by atoms with van der Waals surface area (Å²) in [5.41, 5.74) is 0.660. The Kier molecular flexibility index (Phi) is 5.40. The highest BCUT2D eigenvalue weighted by Crippen LogP contribution is 2.26. The number of nitrogens with zero attached hydrogens (tertiary/aromatic N) is 2. The van der Waals surface area contributed by atoms with Gasteiger partial charge in [0.25, 0.3) is 0 Å². The Morgan fingerprint density at radius 2 is 1.96 bits per heavy atom. The van der Waals surface area contributed by atoms with E-state index in [-0.39, 0.29) is 16.8 Å². The van der Waals surface area contributed by atoms with Gasteiger partial charge in [-0.3, -0.25) is 9.31 Å². The molecule has 5 nitrogen and oxygen atoms in total. The number of halogens is 3. The molecule has 0 aliphatic rings. The van der Waals surface area contributed by atoms with E-state index in [0.717, 1.165) is 0 Å². The first-order chi connectivity index (χ1) is 10.8. The van der Waals surface area contributed by atoms with E-state index in [4.69, 9.17) is 0 Å². The Morgan fingerprint density at radius 3 is 2.48 bits per heavy atom. The van der Waals surface area contributed by atoms with Gasteiger partial charge in [0.15, 0.2) is 0 Å². The van der Waals surface area contributed by atoms with Crippen molar-refractivity contribution in [2.24, 2.45) is 0 Å². The molecule has 9 heteroatoms. The molecule has 2 atom stereocenters. The summed E-state index contributed by atoms with van der Waals surface area (Å²) in [6, 6.07) is 5.36. The van der Waals surface area contributed by atoms with E-state index < -0.39 is 17.2 Å². The molecule has 1 aromatic heterocycles. The normalized spacial score (nSPS) is 14.5. The summed E-state index contributed by atoms with van der Waals surface area (Å²) in [7, 11) is -1.28. The minimum atomic E-state index is -4.72. The molecule has 0 unspecified atom stereocenters. The van der Waals surface area contributed by atoms with E-state index in [1.165, 1.54) is 24.3 Å². The van der Waals surface area contributed by atoms with Crippen molar-refractivity contribution in [3.8, 4) is 5.75 Å². The molecule has 1 heterocycles. The molecule has 0 aliphatic carbocycles. The smallest absolute Gasteiger partial charge is 0.406 e. The summed E-state index contributed by atoms with van der Waals surface area (Å²) >= 11 is 0. The van der Waals surface area contributed by atoms with E-state index in [2.05, 4.69) is 19.9 Å². The highest BCUT2D eigenvalue weighted by Gasteiger charge is 2.31. The van der Waals surface area contributed by atoms with Crippen LogP contribution in [0.2, 0.25) is 0 Å². The van der Waals surface area contributed by atoms with Gasteiger partial charge in [0.1, 0.15) is 17.4 Å². The minimum Gasteiger partial charge on any atom is -0.406 e. The SMILES string of the molecule is CCc1n[nH]c(C[S@](=O)[C@@H](C)c2ccc(OC(F)(F)F)cc2)n1. The average molecular weight is 347 g/mol. The van der Waals surface area contributed by atoms with Crippen molar-refractivity contribution in [1.29, 1.82) is 0 Å². The zero-order valence-corrected chi connectivity index (χ0v) is 13.4. The second-order valence-corrected chi connectivity index (χ2v) is 6.59. The molecule has 23 heavy (non-hydrogen) atoms. The summed E-state index contributed by atoms with van der Waals surface area (Å²) in [5.74, 6) is 1.08. The van der Waals surface area contributed by atoms with E-state index in [0.29, 0.717) is 23.6 Å². The molecular formula is C14H16F3N3O2S.